The Morgan fingerprint density at radius 2 is 1.95 bits per heavy atom. The minimum atomic E-state index is 0.692. The standard InChI is InChI=1S/C17H22ClN/c1-3-4-14(2)13-19-11-9-16(10-12-19)15-5-7-17(18)8-6-15/h3-8,16H,1,9-13H2,2H3/b14-4+. The van der Waals surface area contributed by atoms with Gasteiger partial charge in [-0.05, 0) is 56.5 Å². The Balaban J connectivity index is 1.87. The average Bonchev–Trinajstić information content (AvgIpc) is 2.41. The predicted molar refractivity (Wildman–Crippen MR) is 83.8 cm³/mol. The fourth-order valence-electron chi connectivity index (χ4n) is 2.77. The topological polar surface area (TPSA) is 3.24 Å². The zero-order chi connectivity index (χ0) is 13.7. The molecule has 2 heteroatoms. The number of rotatable bonds is 4. The predicted octanol–water partition coefficient (Wildman–Crippen LogP) is 4.65. The lowest BCUT2D eigenvalue weighted by Gasteiger charge is -2.32. The smallest absolute Gasteiger partial charge is 0.0406 e. The molecule has 0 unspecified atom stereocenters. The van der Waals surface area contributed by atoms with Gasteiger partial charge in [-0.15, -0.1) is 0 Å². The second-order valence-corrected chi connectivity index (χ2v) is 5.79. The maximum Gasteiger partial charge on any atom is 0.0406 e. The second kappa shape index (κ2) is 6.93. The monoisotopic (exact) mass is 275 g/mol. The quantitative estimate of drug-likeness (QED) is 0.723. The fraction of sp³-hybridized carbons (Fsp3) is 0.412. The number of hydrogen-bond donors (Lipinski definition) is 0. The number of benzene rings is 1. The number of nitrogens with zero attached hydrogens (tertiary/aromatic N) is 1. The van der Waals surface area contributed by atoms with Gasteiger partial charge < -0.3 is 0 Å². The van der Waals surface area contributed by atoms with Crippen molar-refractivity contribution in [2.45, 2.75) is 25.7 Å². The van der Waals surface area contributed by atoms with E-state index in [1.165, 1.54) is 37.1 Å². The van der Waals surface area contributed by atoms with Crippen LogP contribution in [-0.4, -0.2) is 24.5 Å². The molecule has 1 aliphatic rings. The Hall–Kier alpha value is -1.05. The van der Waals surface area contributed by atoms with Crippen LogP contribution in [0.15, 0.2) is 48.6 Å². The van der Waals surface area contributed by atoms with Crippen LogP contribution in [-0.2, 0) is 0 Å². The van der Waals surface area contributed by atoms with Crippen LogP contribution in [0, 0.1) is 0 Å². The molecule has 0 aliphatic carbocycles. The van der Waals surface area contributed by atoms with Crippen LogP contribution >= 0.6 is 11.6 Å². The van der Waals surface area contributed by atoms with E-state index in [2.05, 4.69) is 36.6 Å². The molecule has 2 rings (SSSR count). The molecule has 19 heavy (non-hydrogen) atoms. The molecule has 0 spiro atoms. The number of hydrogen-bond acceptors (Lipinski definition) is 1. The highest BCUT2D eigenvalue weighted by Crippen LogP contribution is 2.28. The number of allylic oxidation sites excluding steroid dienone is 2. The van der Waals surface area contributed by atoms with Crippen molar-refractivity contribution in [2.75, 3.05) is 19.6 Å². The summed E-state index contributed by atoms with van der Waals surface area (Å²) in [6.45, 7) is 9.34. The molecule has 1 aliphatic heterocycles. The van der Waals surface area contributed by atoms with Crippen molar-refractivity contribution in [1.29, 1.82) is 0 Å². The van der Waals surface area contributed by atoms with E-state index in [-0.39, 0.29) is 0 Å². The molecule has 1 heterocycles. The maximum absolute atomic E-state index is 5.94. The van der Waals surface area contributed by atoms with Gasteiger partial charge in [0.1, 0.15) is 0 Å². The first-order valence-electron chi connectivity index (χ1n) is 6.95. The third-order valence-electron chi connectivity index (χ3n) is 3.80. The highest BCUT2D eigenvalue weighted by atomic mass is 35.5. The largest absolute Gasteiger partial charge is 0.299 e. The summed E-state index contributed by atoms with van der Waals surface area (Å²) in [7, 11) is 0. The molecule has 102 valence electrons. The third-order valence-corrected chi connectivity index (χ3v) is 4.06. The van der Waals surface area contributed by atoms with Crippen molar-refractivity contribution >= 4 is 11.6 Å². The lowest BCUT2D eigenvalue weighted by atomic mass is 9.89. The highest BCUT2D eigenvalue weighted by molar-refractivity contribution is 6.30. The van der Waals surface area contributed by atoms with E-state index in [0.717, 1.165) is 11.6 Å². The molecule has 0 saturated carbocycles. The van der Waals surface area contributed by atoms with Gasteiger partial charge in [-0.2, -0.15) is 0 Å². The van der Waals surface area contributed by atoms with Gasteiger partial charge in [-0.3, -0.25) is 4.90 Å². The summed E-state index contributed by atoms with van der Waals surface area (Å²) >= 11 is 5.94. The van der Waals surface area contributed by atoms with E-state index in [0.29, 0.717) is 5.92 Å². The van der Waals surface area contributed by atoms with E-state index in [1.807, 2.05) is 18.2 Å². The normalized spacial score (nSPS) is 18.5. The van der Waals surface area contributed by atoms with Crippen molar-refractivity contribution in [3.8, 4) is 0 Å². The second-order valence-electron chi connectivity index (χ2n) is 5.35. The first kappa shape index (κ1) is 14.4. The van der Waals surface area contributed by atoms with Gasteiger partial charge in [-0.25, -0.2) is 0 Å². The number of halogens is 1. The zero-order valence-electron chi connectivity index (χ0n) is 11.6. The van der Waals surface area contributed by atoms with Gasteiger partial charge in [0.05, 0.1) is 0 Å². The Morgan fingerprint density at radius 1 is 1.32 bits per heavy atom. The van der Waals surface area contributed by atoms with Crippen molar-refractivity contribution in [3.05, 3.63) is 59.2 Å². The fourth-order valence-corrected chi connectivity index (χ4v) is 2.89. The summed E-state index contributed by atoms with van der Waals surface area (Å²) in [5, 5.41) is 0.825. The van der Waals surface area contributed by atoms with E-state index in [9.17, 15) is 0 Å². The first-order valence-corrected chi connectivity index (χ1v) is 7.33. The summed E-state index contributed by atoms with van der Waals surface area (Å²) in [5.41, 5.74) is 2.82. The number of likely N-dealkylation sites (tertiary alicyclic amines) is 1. The Bertz CT molecular complexity index is 439. The first-order chi connectivity index (χ1) is 9.19. The van der Waals surface area contributed by atoms with E-state index in [1.54, 1.807) is 0 Å². The summed E-state index contributed by atoms with van der Waals surface area (Å²) in [4.78, 5) is 2.53. The molecular weight excluding hydrogens is 254 g/mol. The van der Waals surface area contributed by atoms with Crippen LogP contribution in [0.4, 0.5) is 0 Å². The minimum Gasteiger partial charge on any atom is -0.299 e. The van der Waals surface area contributed by atoms with E-state index >= 15 is 0 Å². The molecule has 0 radical (unpaired) electrons. The zero-order valence-corrected chi connectivity index (χ0v) is 12.4. The average molecular weight is 276 g/mol. The SMILES string of the molecule is C=C/C=C(\C)CN1CCC(c2ccc(Cl)cc2)CC1. The Kier molecular flexibility index (Phi) is 5.24. The van der Waals surface area contributed by atoms with Gasteiger partial charge in [0, 0.05) is 11.6 Å². The van der Waals surface area contributed by atoms with Crippen molar-refractivity contribution in [1.82, 2.24) is 4.90 Å². The van der Waals surface area contributed by atoms with Gasteiger partial charge >= 0.3 is 0 Å². The maximum atomic E-state index is 5.94. The van der Waals surface area contributed by atoms with Crippen LogP contribution in [0.5, 0.6) is 0 Å². The van der Waals surface area contributed by atoms with Gasteiger partial charge in [0.25, 0.3) is 0 Å². The molecule has 0 N–H and O–H groups in total. The molecule has 0 aromatic heterocycles. The van der Waals surface area contributed by atoms with Crippen LogP contribution < -0.4 is 0 Å². The highest BCUT2D eigenvalue weighted by Gasteiger charge is 2.20. The molecule has 1 saturated heterocycles. The molecule has 1 fully saturated rings. The van der Waals surface area contributed by atoms with Crippen LogP contribution in [0.25, 0.3) is 0 Å². The molecule has 0 atom stereocenters. The summed E-state index contributed by atoms with van der Waals surface area (Å²) < 4.78 is 0. The third kappa shape index (κ3) is 4.22. The van der Waals surface area contributed by atoms with E-state index < -0.39 is 0 Å². The van der Waals surface area contributed by atoms with Crippen LogP contribution in [0.1, 0.15) is 31.2 Å². The lowest BCUT2D eigenvalue weighted by molar-refractivity contribution is 0.228. The van der Waals surface area contributed by atoms with Crippen molar-refractivity contribution < 1.29 is 0 Å². The molecule has 1 nitrogen and oxygen atoms in total. The van der Waals surface area contributed by atoms with Gasteiger partial charge in [0.2, 0.25) is 0 Å². The summed E-state index contributed by atoms with van der Waals surface area (Å²) in [6, 6.07) is 8.34. The molecule has 0 amide bonds. The molecule has 1 aromatic carbocycles. The van der Waals surface area contributed by atoms with Crippen molar-refractivity contribution in [3.63, 3.8) is 0 Å². The minimum absolute atomic E-state index is 0.692. The number of piperidine rings is 1. The lowest BCUT2D eigenvalue weighted by Crippen LogP contribution is -2.34. The van der Waals surface area contributed by atoms with Crippen LogP contribution in [0.2, 0.25) is 5.02 Å². The van der Waals surface area contributed by atoms with E-state index in [4.69, 9.17) is 11.6 Å². The van der Waals surface area contributed by atoms with Gasteiger partial charge in [-0.1, -0.05) is 48.0 Å². The molecule has 1 aromatic rings. The molecule has 0 bridgehead atoms. The van der Waals surface area contributed by atoms with Gasteiger partial charge in [0.15, 0.2) is 0 Å². The summed E-state index contributed by atoms with van der Waals surface area (Å²) in [5.74, 6) is 0.692. The van der Waals surface area contributed by atoms with Crippen molar-refractivity contribution in [2.24, 2.45) is 0 Å². The Morgan fingerprint density at radius 3 is 2.53 bits per heavy atom. The van der Waals surface area contributed by atoms with Crippen LogP contribution in [0.3, 0.4) is 0 Å². The summed E-state index contributed by atoms with van der Waals surface area (Å²) in [6.07, 6.45) is 6.45. The molecular formula is C17H22ClN. The Labute approximate surface area is 121 Å².